The largest absolute Gasteiger partial charge is 0.477 e. The molecule has 3 N–H and O–H groups in total. The van der Waals surface area contributed by atoms with E-state index in [1.54, 1.807) is 0 Å². The molecular formula is C11H17N3O5. The van der Waals surface area contributed by atoms with Crippen LogP contribution >= 0.6 is 0 Å². The van der Waals surface area contributed by atoms with Gasteiger partial charge in [0.2, 0.25) is 0 Å². The first-order valence-electron chi connectivity index (χ1n) is 5.88. The van der Waals surface area contributed by atoms with Gasteiger partial charge in [-0.15, -0.1) is 0 Å². The summed E-state index contributed by atoms with van der Waals surface area (Å²) in [6.45, 7) is 4.63. The van der Waals surface area contributed by atoms with Gasteiger partial charge < -0.3 is 24.9 Å². The molecule has 0 atom stereocenters. The van der Waals surface area contributed by atoms with Crippen molar-refractivity contribution in [2.45, 2.75) is 20.1 Å². The average molecular weight is 271 g/mol. The Morgan fingerprint density at radius 2 is 2.05 bits per heavy atom. The van der Waals surface area contributed by atoms with Gasteiger partial charge in [0.05, 0.1) is 12.9 Å². The minimum Gasteiger partial charge on any atom is -0.477 e. The second kappa shape index (κ2) is 7.49. The van der Waals surface area contributed by atoms with Crippen LogP contribution in [0.2, 0.25) is 0 Å². The number of hydrogen-bond acceptors (Lipinski definition) is 5. The van der Waals surface area contributed by atoms with Crippen LogP contribution in [-0.4, -0.2) is 53.0 Å². The fraction of sp³-hybridized carbons (Fsp3) is 0.545. The summed E-state index contributed by atoms with van der Waals surface area (Å²) in [6.07, 6.45) is 0.590. The molecule has 1 amide bonds. The van der Waals surface area contributed by atoms with Gasteiger partial charge in [0.25, 0.3) is 5.91 Å². The van der Waals surface area contributed by atoms with Crippen molar-refractivity contribution in [3.8, 4) is 0 Å². The van der Waals surface area contributed by atoms with Crippen LogP contribution in [0.3, 0.4) is 0 Å². The third-order valence-corrected chi connectivity index (χ3v) is 2.20. The van der Waals surface area contributed by atoms with Crippen LogP contribution in [0.1, 0.15) is 34.8 Å². The molecule has 8 nitrogen and oxygen atoms in total. The second-order valence-electron chi connectivity index (χ2n) is 3.48. The molecule has 0 saturated carbocycles. The number of nitrogens with one attached hydrogen (secondary N) is 2. The highest BCUT2D eigenvalue weighted by Crippen LogP contribution is 2.03. The van der Waals surface area contributed by atoms with E-state index in [4.69, 9.17) is 14.6 Å². The first kappa shape index (κ1) is 15.1. The van der Waals surface area contributed by atoms with Gasteiger partial charge in [0, 0.05) is 13.2 Å². The van der Waals surface area contributed by atoms with Crippen molar-refractivity contribution < 1.29 is 24.2 Å². The number of H-pyrrole nitrogens is 1. The Bertz CT molecular complexity index is 426. The molecule has 1 aromatic heterocycles. The Balaban J connectivity index is 2.59. The number of ether oxygens (including phenoxy) is 2. The molecule has 0 aromatic carbocycles. The van der Waals surface area contributed by atoms with Crippen molar-refractivity contribution in [3.05, 3.63) is 17.7 Å². The normalized spacial score (nSPS) is 10.7. The fourth-order valence-corrected chi connectivity index (χ4v) is 1.43. The Morgan fingerprint density at radius 1 is 1.42 bits per heavy atom. The van der Waals surface area contributed by atoms with Gasteiger partial charge in [-0.05, 0) is 13.8 Å². The van der Waals surface area contributed by atoms with Gasteiger partial charge in [0.1, 0.15) is 0 Å². The van der Waals surface area contributed by atoms with Gasteiger partial charge in [-0.1, -0.05) is 0 Å². The lowest BCUT2D eigenvalue weighted by Crippen LogP contribution is -2.36. The maximum Gasteiger partial charge on any atom is 0.354 e. The van der Waals surface area contributed by atoms with Crippen molar-refractivity contribution in [1.29, 1.82) is 0 Å². The molecule has 1 heterocycles. The maximum absolute atomic E-state index is 11.8. The highest BCUT2D eigenvalue weighted by molar-refractivity contribution is 6.02. The second-order valence-corrected chi connectivity index (χ2v) is 3.48. The third-order valence-electron chi connectivity index (χ3n) is 2.20. The molecule has 0 radical (unpaired) electrons. The van der Waals surface area contributed by atoms with E-state index in [1.807, 2.05) is 13.8 Å². The highest BCUT2D eigenvalue weighted by Gasteiger charge is 2.20. The molecule has 0 spiro atoms. The lowest BCUT2D eigenvalue weighted by molar-refractivity contribution is -0.131. The molecule has 0 aliphatic rings. The summed E-state index contributed by atoms with van der Waals surface area (Å²) in [7, 11) is 0. The summed E-state index contributed by atoms with van der Waals surface area (Å²) in [5, 5.41) is 11.4. The first-order valence-corrected chi connectivity index (χ1v) is 5.88. The van der Waals surface area contributed by atoms with Gasteiger partial charge in [0.15, 0.2) is 17.7 Å². The smallest absolute Gasteiger partial charge is 0.354 e. The topological polar surface area (TPSA) is 114 Å². The van der Waals surface area contributed by atoms with Crippen molar-refractivity contribution in [2.75, 3.05) is 19.8 Å². The average Bonchev–Trinajstić information content (AvgIpc) is 2.85. The monoisotopic (exact) mass is 271 g/mol. The minimum absolute atomic E-state index is 0.117. The van der Waals surface area contributed by atoms with E-state index < -0.39 is 18.2 Å². The predicted octanol–water partition coefficient (Wildman–Crippen LogP) is 0.237. The van der Waals surface area contributed by atoms with Crippen LogP contribution in [0.5, 0.6) is 0 Å². The zero-order chi connectivity index (χ0) is 14.3. The number of imidazole rings is 1. The number of nitrogens with zero attached hydrogens (tertiary/aromatic N) is 1. The van der Waals surface area contributed by atoms with Crippen LogP contribution < -0.4 is 5.32 Å². The number of aromatic carboxylic acids is 1. The van der Waals surface area contributed by atoms with Crippen molar-refractivity contribution >= 4 is 11.9 Å². The van der Waals surface area contributed by atoms with Crippen LogP contribution in [0.25, 0.3) is 0 Å². The van der Waals surface area contributed by atoms with E-state index in [9.17, 15) is 9.59 Å². The zero-order valence-corrected chi connectivity index (χ0v) is 10.8. The van der Waals surface area contributed by atoms with E-state index in [-0.39, 0.29) is 17.9 Å². The van der Waals surface area contributed by atoms with Gasteiger partial charge in [-0.2, -0.15) is 0 Å². The number of carbonyl (C=O) groups excluding carboxylic acids is 1. The van der Waals surface area contributed by atoms with E-state index in [0.29, 0.717) is 13.2 Å². The summed E-state index contributed by atoms with van der Waals surface area (Å²) in [4.78, 5) is 28.7. The zero-order valence-electron chi connectivity index (χ0n) is 10.8. The molecule has 0 unspecified atom stereocenters. The summed E-state index contributed by atoms with van der Waals surface area (Å²) >= 11 is 0. The van der Waals surface area contributed by atoms with Gasteiger partial charge >= 0.3 is 5.97 Å². The molecule has 1 rings (SSSR count). The maximum atomic E-state index is 11.8. The lowest BCUT2D eigenvalue weighted by Gasteiger charge is -2.17. The number of carboxylic acids is 1. The Morgan fingerprint density at radius 3 is 2.58 bits per heavy atom. The number of carboxylic acid groups (broad SMARTS) is 1. The van der Waals surface area contributed by atoms with Crippen molar-refractivity contribution in [2.24, 2.45) is 0 Å². The number of aromatic amines is 1. The number of carbonyl (C=O) groups is 2. The molecule has 0 fully saturated rings. The standard InChI is InChI=1S/C11H17N3O5/c1-3-18-7(19-4-2)5-12-10(15)8-9(11(16)17)14-6-13-8/h6-7H,3-5H2,1-2H3,(H,12,15)(H,13,14)(H,16,17). The van der Waals surface area contributed by atoms with E-state index in [2.05, 4.69) is 15.3 Å². The molecule has 0 saturated heterocycles. The Kier molecular flexibility index (Phi) is 5.97. The molecule has 0 aliphatic carbocycles. The molecule has 0 bridgehead atoms. The van der Waals surface area contributed by atoms with Crippen LogP contribution in [0.4, 0.5) is 0 Å². The van der Waals surface area contributed by atoms with E-state index >= 15 is 0 Å². The summed E-state index contributed by atoms with van der Waals surface area (Å²) < 4.78 is 10.5. The van der Waals surface area contributed by atoms with Gasteiger partial charge in [-0.3, -0.25) is 4.79 Å². The molecule has 8 heteroatoms. The minimum atomic E-state index is -1.24. The first-order chi connectivity index (χ1) is 9.10. The molecular weight excluding hydrogens is 254 g/mol. The Hall–Kier alpha value is -1.93. The summed E-state index contributed by atoms with van der Waals surface area (Å²) in [6, 6.07) is 0. The van der Waals surface area contributed by atoms with Crippen LogP contribution in [0, 0.1) is 0 Å². The number of rotatable bonds is 8. The van der Waals surface area contributed by atoms with Crippen molar-refractivity contribution in [3.63, 3.8) is 0 Å². The SMILES string of the molecule is CCOC(CNC(=O)c1nc[nH]c1C(=O)O)OCC. The molecule has 0 aliphatic heterocycles. The number of aromatic nitrogens is 2. The molecule has 1 aromatic rings. The molecule has 19 heavy (non-hydrogen) atoms. The Labute approximate surface area is 110 Å². The fourth-order valence-electron chi connectivity index (χ4n) is 1.43. The third kappa shape index (κ3) is 4.34. The predicted molar refractivity (Wildman–Crippen MR) is 64.9 cm³/mol. The van der Waals surface area contributed by atoms with E-state index in [0.717, 1.165) is 6.33 Å². The molecule has 106 valence electrons. The summed E-state index contributed by atoms with van der Waals surface area (Å²) in [5.74, 6) is -1.84. The van der Waals surface area contributed by atoms with Crippen LogP contribution in [-0.2, 0) is 9.47 Å². The number of amides is 1. The van der Waals surface area contributed by atoms with E-state index in [1.165, 1.54) is 0 Å². The lowest BCUT2D eigenvalue weighted by atomic mass is 10.3. The van der Waals surface area contributed by atoms with Crippen molar-refractivity contribution in [1.82, 2.24) is 15.3 Å². The van der Waals surface area contributed by atoms with Crippen LogP contribution in [0.15, 0.2) is 6.33 Å². The van der Waals surface area contributed by atoms with Gasteiger partial charge in [-0.25, -0.2) is 9.78 Å². The highest BCUT2D eigenvalue weighted by atomic mass is 16.7. The number of hydrogen-bond donors (Lipinski definition) is 3. The quantitative estimate of drug-likeness (QED) is 0.583. The summed E-state index contributed by atoms with van der Waals surface area (Å²) in [5.41, 5.74) is -0.416.